The van der Waals surface area contributed by atoms with Crippen LogP contribution in [-0.4, -0.2) is 21.0 Å². The molecule has 0 fully saturated rings. The van der Waals surface area contributed by atoms with Crippen LogP contribution in [0.25, 0.3) is 0 Å². The summed E-state index contributed by atoms with van der Waals surface area (Å²) in [6.07, 6.45) is -1.37. The van der Waals surface area contributed by atoms with Crippen molar-refractivity contribution < 1.29 is 22.1 Å². The minimum absolute atomic E-state index is 0.121. The first-order valence-corrected chi connectivity index (χ1v) is 6.33. The average molecular weight is 259 g/mol. The summed E-state index contributed by atoms with van der Waals surface area (Å²) in [6.45, 7) is 1.73. The number of hydrogen-bond acceptors (Lipinski definition) is 5. The lowest BCUT2D eigenvalue weighted by molar-refractivity contribution is -0.151. The van der Waals surface area contributed by atoms with Crippen LogP contribution >= 0.6 is 0 Å². The molecule has 1 rings (SSSR count). The Kier molecular flexibility index (Phi) is 4.62. The normalized spacial score (nSPS) is 13.1. The van der Waals surface area contributed by atoms with E-state index in [9.17, 15) is 13.2 Å². The molecule has 0 aliphatic heterocycles. The molecule has 0 spiro atoms. The van der Waals surface area contributed by atoms with Gasteiger partial charge < -0.3 is 4.74 Å². The summed E-state index contributed by atoms with van der Waals surface area (Å²) in [5.41, 5.74) is 0.361. The van der Waals surface area contributed by atoms with E-state index in [-0.39, 0.29) is 6.61 Å². The topological polar surface area (TPSA) is 95.7 Å². The molecular formula is C10H13NO5S. The van der Waals surface area contributed by atoms with Crippen molar-refractivity contribution in [2.75, 3.05) is 6.61 Å². The van der Waals surface area contributed by atoms with Gasteiger partial charge in [0, 0.05) is 0 Å². The quantitative estimate of drug-likeness (QED) is 0.777. The largest absolute Gasteiger partial charge is 0.464 e. The second kappa shape index (κ2) is 5.76. The SMILES string of the molecule is CCOC(=O)C(OS(N)(=O)=O)c1ccccc1. The van der Waals surface area contributed by atoms with Crippen molar-refractivity contribution >= 4 is 16.3 Å². The van der Waals surface area contributed by atoms with Crippen LogP contribution in [0.2, 0.25) is 0 Å². The molecule has 0 aliphatic rings. The lowest BCUT2D eigenvalue weighted by Crippen LogP contribution is -2.26. The number of benzene rings is 1. The summed E-state index contributed by atoms with van der Waals surface area (Å²) >= 11 is 0. The zero-order valence-electron chi connectivity index (χ0n) is 9.20. The highest BCUT2D eigenvalue weighted by molar-refractivity contribution is 7.84. The first-order valence-electron chi connectivity index (χ1n) is 4.86. The van der Waals surface area contributed by atoms with Crippen molar-refractivity contribution in [1.29, 1.82) is 0 Å². The maximum absolute atomic E-state index is 11.6. The summed E-state index contributed by atoms with van der Waals surface area (Å²) in [7, 11) is -4.24. The maximum Gasteiger partial charge on any atom is 0.341 e. The van der Waals surface area contributed by atoms with E-state index in [2.05, 4.69) is 4.18 Å². The Bertz CT molecular complexity index is 471. The Morgan fingerprint density at radius 3 is 2.41 bits per heavy atom. The van der Waals surface area contributed by atoms with Gasteiger partial charge in [-0.3, -0.25) is 0 Å². The molecule has 0 aliphatic carbocycles. The number of ether oxygens (including phenoxy) is 1. The van der Waals surface area contributed by atoms with E-state index in [1.165, 1.54) is 0 Å². The van der Waals surface area contributed by atoms with E-state index in [1.54, 1.807) is 37.3 Å². The van der Waals surface area contributed by atoms with Crippen molar-refractivity contribution in [3.63, 3.8) is 0 Å². The molecule has 0 saturated carbocycles. The highest BCUT2D eigenvalue weighted by Crippen LogP contribution is 2.20. The minimum Gasteiger partial charge on any atom is -0.464 e. The number of carbonyl (C=O) groups excluding carboxylic acids is 1. The zero-order valence-corrected chi connectivity index (χ0v) is 10.0. The molecule has 17 heavy (non-hydrogen) atoms. The predicted octanol–water partition coefficient (Wildman–Crippen LogP) is 0.511. The van der Waals surface area contributed by atoms with Crippen LogP contribution in [0, 0.1) is 0 Å². The monoisotopic (exact) mass is 259 g/mol. The molecule has 0 bridgehead atoms. The molecule has 0 amide bonds. The Balaban J connectivity index is 2.99. The second-order valence-electron chi connectivity index (χ2n) is 3.13. The molecular weight excluding hydrogens is 246 g/mol. The van der Waals surface area contributed by atoms with Gasteiger partial charge in [0.1, 0.15) is 0 Å². The highest BCUT2D eigenvalue weighted by Gasteiger charge is 2.27. The highest BCUT2D eigenvalue weighted by atomic mass is 32.2. The summed E-state index contributed by atoms with van der Waals surface area (Å²) < 4.78 is 31.0. The van der Waals surface area contributed by atoms with Crippen LogP contribution in [0.1, 0.15) is 18.6 Å². The van der Waals surface area contributed by atoms with Crippen LogP contribution in [0.5, 0.6) is 0 Å². The van der Waals surface area contributed by atoms with Crippen LogP contribution in [0.15, 0.2) is 30.3 Å². The molecule has 0 aromatic heterocycles. The van der Waals surface area contributed by atoms with Gasteiger partial charge in [0.05, 0.1) is 6.61 Å². The molecule has 1 unspecified atom stereocenters. The van der Waals surface area contributed by atoms with E-state index in [0.29, 0.717) is 5.56 Å². The Labute approximate surface area is 99.6 Å². The van der Waals surface area contributed by atoms with Crippen LogP contribution < -0.4 is 5.14 Å². The number of rotatable bonds is 5. The first kappa shape index (κ1) is 13.6. The van der Waals surface area contributed by atoms with Gasteiger partial charge >= 0.3 is 16.3 Å². The van der Waals surface area contributed by atoms with E-state index < -0.39 is 22.4 Å². The zero-order chi connectivity index (χ0) is 12.9. The number of esters is 1. The fourth-order valence-corrected chi connectivity index (χ4v) is 1.67. The average Bonchev–Trinajstić information content (AvgIpc) is 2.26. The smallest absolute Gasteiger partial charge is 0.341 e. The van der Waals surface area contributed by atoms with Gasteiger partial charge in [0.2, 0.25) is 6.10 Å². The molecule has 94 valence electrons. The fraction of sp³-hybridized carbons (Fsp3) is 0.300. The molecule has 6 nitrogen and oxygen atoms in total. The Morgan fingerprint density at radius 1 is 1.35 bits per heavy atom. The van der Waals surface area contributed by atoms with E-state index in [4.69, 9.17) is 9.88 Å². The Morgan fingerprint density at radius 2 is 1.94 bits per heavy atom. The molecule has 0 heterocycles. The van der Waals surface area contributed by atoms with E-state index in [1.807, 2.05) is 0 Å². The standard InChI is InChI=1S/C10H13NO5S/c1-2-15-10(12)9(16-17(11,13)14)8-6-4-3-5-7-8/h3-7,9H,2H2,1H3,(H2,11,13,14). The molecule has 7 heteroatoms. The third kappa shape index (κ3) is 4.51. The van der Waals surface area contributed by atoms with Gasteiger partial charge in [0.25, 0.3) is 0 Å². The minimum atomic E-state index is -4.24. The fourth-order valence-electron chi connectivity index (χ4n) is 1.21. The van der Waals surface area contributed by atoms with Crippen molar-refractivity contribution in [2.45, 2.75) is 13.0 Å². The lowest BCUT2D eigenvalue weighted by Gasteiger charge is -2.14. The van der Waals surface area contributed by atoms with Gasteiger partial charge in [0.15, 0.2) is 0 Å². The summed E-state index contributed by atoms with van der Waals surface area (Å²) in [6, 6.07) is 8.12. The molecule has 1 aromatic carbocycles. The number of hydrogen-bond donors (Lipinski definition) is 1. The lowest BCUT2D eigenvalue weighted by atomic mass is 10.1. The predicted molar refractivity (Wildman–Crippen MR) is 60.0 cm³/mol. The number of carbonyl (C=O) groups is 1. The summed E-state index contributed by atoms with van der Waals surface area (Å²) in [4.78, 5) is 11.6. The second-order valence-corrected chi connectivity index (χ2v) is 4.31. The van der Waals surface area contributed by atoms with Gasteiger partial charge in [-0.05, 0) is 12.5 Å². The third-order valence-electron chi connectivity index (χ3n) is 1.83. The van der Waals surface area contributed by atoms with Crippen LogP contribution in [-0.2, 0) is 24.0 Å². The van der Waals surface area contributed by atoms with Crippen molar-refractivity contribution in [1.82, 2.24) is 0 Å². The van der Waals surface area contributed by atoms with Crippen molar-refractivity contribution in [3.05, 3.63) is 35.9 Å². The molecule has 2 N–H and O–H groups in total. The summed E-state index contributed by atoms with van der Waals surface area (Å²) in [5.74, 6) is -0.798. The van der Waals surface area contributed by atoms with Gasteiger partial charge in [-0.1, -0.05) is 30.3 Å². The first-order chi connectivity index (χ1) is 7.94. The van der Waals surface area contributed by atoms with Crippen LogP contribution in [0.3, 0.4) is 0 Å². The molecule has 0 radical (unpaired) electrons. The maximum atomic E-state index is 11.6. The third-order valence-corrected chi connectivity index (χ3v) is 2.29. The molecule has 1 atom stereocenters. The van der Waals surface area contributed by atoms with Crippen molar-refractivity contribution in [2.24, 2.45) is 5.14 Å². The Hall–Kier alpha value is -1.44. The van der Waals surface area contributed by atoms with Crippen LogP contribution in [0.4, 0.5) is 0 Å². The van der Waals surface area contributed by atoms with Gasteiger partial charge in [-0.15, -0.1) is 0 Å². The molecule has 0 saturated heterocycles. The van der Waals surface area contributed by atoms with E-state index >= 15 is 0 Å². The van der Waals surface area contributed by atoms with Crippen molar-refractivity contribution in [3.8, 4) is 0 Å². The summed E-state index contributed by atoms with van der Waals surface area (Å²) in [5, 5.41) is 4.75. The van der Waals surface area contributed by atoms with Gasteiger partial charge in [-0.25, -0.2) is 14.1 Å². The number of nitrogens with two attached hydrogens (primary N) is 1. The van der Waals surface area contributed by atoms with Gasteiger partial charge in [-0.2, -0.15) is 8.42 Å². The molecule has 1 aromatic rings. The van der Waals surface area contributed by atoms with E-state index in [0.717, 1.165) is 0 Å².